The smallest absolute Gasteiger partial charge is 0.266 e. The summed E-state index contributed by atoms with van der Waals surface area (Å²) >= 11 is 12.4. The van der Waals surface area contributed by atoms with E-state index in [0.29, 0.717) is 11.5 Å². The van der Waals surface area contributed by atoms with Crippen LogP contribution in [-0.4, -0.2) is 36.3 Å². The van der Waals surface area contributed by atoms with Crippen LogP contribution in [-0.2, 0) is 10.0 Å². The minimum Gasteiger partial charge on any atom is -0.497 e. The Morgan fingerprint density at radius 1 is 1.00 bits per heavy atom. The van der Waals surface area contributed by atoms with Crippen LogP contribution < -0.4 is 18.5 Å². The molecule has 0 aliphatic rings. The molecule has 0 N–H and O–H groups in total. The summed E-state index contributed by atoms with van der Waals surface area (Å²) in [7, 11) is 0.246. The molecular formula is C18H19Cl2NO5S. The molecule has 2 aromatic carbocycles. The summed E-state index contributed by atoms with van der Waals surface area (Å²) in [6.07, 6.45) is 1.45. The Labute approximate surface area is 168 Å². The molecule has 2 aromatic rings. The molecule has 0 spiro atoms. The molecule has 0 unspecified atom stereocenters. The van der Waals surface area contributed by atoms with Crippen molar-refractivity contribution in [3.63, 3.8) is 0 Å². The monoisotopic (exact) mass is 431 g/mol. The normalized spacial score (nSPS) is 11.0. The van der Waals surface area contributed by atoms with Gasteiger partial charge in [-0.25, -0.2) is 8.42 Å². The summed E-state index contributed by atoms with van der Waals surface area (Å²) in [6, 6.07) is 7.61. The van der Waals surface area contributed by atoms with Crippen molar-refractivity contribution in [2.24, 2.45) is 0 Å². The molecule has 27 heavy (non-hydrogen) atoms. The fraction of sp³-hybridized carbons (Fsp3) is 0.222. The number of benzene rings is 2. The van der Waals surface area contributed by atoms with Crippen LogP contribution in [0, 0.1) is 0 Å². The second kappa shape index (κ2) is 8.73. The number of anilines is 1. The molecule has 0 fully saturated rings. The van der Waals surface area contributed by atoms with E-state index in [4.69, 9.17) is 37.4 Å². The number of nitrogens with zero attached hydrogens (tertiary/aromatic N) is 1. The van der Waals surface area contributed by atoms with Crippen LogP contribution in [0.25, 0.3) is 0 Å². The van der Waals surface area contributed by atoms with Gasteiger partial charge in [0, 0.05) is 6.07 Å². The van der Waals surface area contributed by atoms with E-state index in [9.17, 15) is 8.42 Å². The van der Waals surface area contributed by atoms with Gasteiger partial charge in [-0.05, 0) is 24.3 Å². The number of ether oxygens (including phenoxy) is 3. The van der Waals surface area contributed by atoms with E-state index in [2.05, 4.69) is 6.58 Å². The lowest BCUT2D eigenvalue weighted by Gasteiger charge is -2.26. The summed E-state index contributed by atoms with van der Waals surface area (Å²) in [6.45, 7) is 3.62. The summed E-state index contributed by atoms with van der Waals surface area (Å²) < 4.78 is 43.4. The van der Waals surface area contributed by atoms with Gasteiger partial charge in [-0.1, -0.05) is 29.3 Å². The Morgan fingerprint density at radius 2 is 1.63 bits per heavy atom. The minimum absolute atomic E-state index is 0.0106. The molecule has 0 amide bonds. The Hall–Kier alpha value is -2.09. The molecule has 0 atom stereocenters. The zero-order chi connectivity index (χ0) is 20.2. The number of methoxy groups -OCH3 is 3. The zero-order valence-corrected chi connectivity index (χ0v) is 17.4. The maximum Gasteiger partial charge on any atom is 0.266 e. The molecule has 0 bridgehead atoms. The summed E-state index contributed by atoms with van der Waals surface area (Å²) in [4.78, 5) is -0.165. The van der Waals surface area contributed by atoms with Crippen LogP contribution in [0.4, 0.5) is 5.69 Å². The SMILES string of the molecule is C=CCN(c1cc(OC)ccc1OC)S(=O)(=O)c1ccc(OC)c(Cl)c1Cl. The second-order valence-electron chi connectivity index (χ2n) is 5.26. The average molecular weight is 432 g/mol. The van der Waals surface area contributed by atoms with Gasteiger partial charge >= 0.3 is 0 Å². The van der Waals surface area contributed by atoms with Gasteiger partial charge in [0.25, 0.3) is 10.0 Å². The molecule has 0 radical (unpaired) electrons. The van der Waals surface area contributed by atoms with E-state index in [1.165, 1.54) is 39.5 Å². The lowest BCUT2D eigenvalue weighted by atomic mass is 10.2. The molecule has 6 nitrogen and oxygen atoms in total. The second-order valence-corrected chi connectivity index (χ2v) is 7.84. The topological polar surface area (TPSA) is 65.1 Å². The fourth-order valence-corrected chi connectivity index (χ4v) is 4.68. The molecule has 0 aromatic heterocycles. The van der Waals surface area contributed by atoms with Crippen molar-refractivity contribution in [2.45, 2.75) is 4.90 Å². The predicted octanol–water partition coefficient (Wildman–Crippen LogP) is 4.40. The summed E-state index contributed by atoms with van der Waals surface area (Å²) in [5, 5.41) is -0.122. The number of rotatable bonds is 8. The molecule has 146 valence electrons. The van der Waals surface area contributed by atoms with Gasteiger partial charge in [0.1, 0.15) is 27.2 Å². The molecule has 0 aliphatic heterocycles. The van der Waals surface area contributed by atoms with Crippen molar-refractivity contribution in [1.82, 2.24) is 0 Å². The van der Waals surface area contributed by atoms with Crippen LogP contribution in [0.15, 0.2) is 47.9 Å². The lowest BCUT2D eigenvalue weighted by molar-refractivity contribution is 0.404. The van der Waals surface area contributed by atoms with E-state index < -0.39 is 10.0 Å². The van der Waals surface area contributed by atoms with E-state index in [-0.39, 0.29) is 32.9 Å². The molecule has 0 aliphatic carbocycles. The Kier molecular flexibility index (Phi) is 6.86. The van der Waals surface area contributed by atoms with Gasteiger partial charge in [-0.15, -0.1) is 6.58 Å². The van der Waals surface area contributed by atoms with Crippen molar-refractivity contribution in [1.29, 1.82) is 0 Å². The summed E-state index contributed by atoms with van der Waals surface area (Å²) in [5.74, 6) is 1.08. The van der Waals surface area contributed by atoms with Crippen molar-refractivity contribution < 1.29 is 22.6 Å². The van der Waals surface area contributed by atoms with Crippen LogP contribution >= 0.6 is 23.2 Å². The van der Waals surface area contributed by atoms with Gasteiger partial charge in [0.15, 0.2) is 0 Å². The van der Waals surface area contributed by atoms with Crippen molar-refractivity contribution in [3.05, 3.63) is 53.0 Å². The average Bonchev–Trinajstić information content (AvgIpc) is 2.67. The highest BCUT2D eigenvalue weighted by Gasteiger charge is 2.30. The minimum atomic E-state index is -4.10. The number of hydrogen-bond donors (Lipinski definition) is 0. The van der Waals surface area contributed by atoms with Gasteiger partial charge in [0.2, 0.25) is 0 Å². The number of hydrogen-bond acceptors (Lipinski definition) is 5. The first-order valence-electron chi connectivity index (χ1n) is 7.69. The third-order valence-electron chi connectivity index (χ3n) is 3.75. The summed E-state index contributed by atoms with van der Waals surface area (Å²) in [5.41, 5.74) is 0.278. The molecule has 0 saturated carbocycles. The number of halogens is 2. The van der Waals surface area contributed by atoms with Gasteiger partial charge < -0.3 is 14.2 Å². The molecule has 0 heterocycles. The van der Waals surface area contributed by atoms with E-state index in [1.807, 2.05) is 0 Å². The van der Waals surface area contributed by atoms with E-state index >= 15 is 0 Å². The first-order valence-corrected chi connectivity index (χ1v) is 9.89. The van der Waals surface area contributed by atoms with Crippen LogP contribution in [0.1, 0.15) is 0 Å². The fourth-order valence-electron chi connectivity index (χ4n) is 2.42. The zero-order valence-electron chi connectivity index (χ0n) is 15.0. The molecule has 2 rings (SSSR count). The highest BCUT2D eigenvalue weighted by atomic mass is 35.5. The molecule has 9 heteroatoms. The maximum atomic E-state index is 13.4. The highest BCUT2D eigenvalue weighted by molar-refractivity contribution is 7.93. The number of sulfonamides is 1. The predicted molar refractivity (Wildman–Crippen MR) is 107 cm³/mol. The maximum absolute atomic E-state index is 13.4. The van der Waals surface area contributed by atoms with Gasteiger partial charge in [0.05, 0.1) is 38.6 Å². The Bertz CT molecular complexity index is 947. The third kappa shape index (κ3) is 4.10. The van der Waals surface area contributed by atoms with Crippen molar-refractivity contribution >= 4 is 38.9 Å². The standard InChI is InChI=1S/C18H19Cl2NO5S/c1-5-10-21(13-11-12(24-2)6-7-14(13)25-3)27(22,23)16-9-8-15(26-4)17(19)18(16)20/h5-9,11H,1,10H2,2-4H3. The third-order valence-corrected chi connectivity index (χ3v) is 6.55. The van der Waals surface area contributed by atoms with Crippen molar-refractivity contribution in [2.75, 3.05) is 32.2 Å². The van der Waals surface area contributed by atoms with Crippen LogP contribution in [0.3, 0.4) is 0 Å². The van der Waals surface area contributed by atoms with E-state index in [1.54, 1.807) is 18.2 Å². The lowest BCUT2D eigenvalue weighted by Crippen LogP contribution is -2.31. The van der Waals surface area contributed by atoms with Gasteiger partial charge in [-0.3, -0.25) is 4.31 Å². The quantitative estimate of drug-likeness (QED) is 0.579. The van der Waals surface area contributed by atoms with Gasteiger partial charge in [-0.2, -0.15) is 0 Å². The highest BCUT2D eigenvalue weighted by Crippen LogP contribution is 2.41. The first kappa shape index (κ1) is 21.2. The van der Waals surface area contributed by atoms with Crippen molar-refractivity contribution in [3.8, 4) is 17.2 Å². The molecular weight excluding hydrogens is 413 g/mol. The van der Waals surface area contributed by atoms with Crippen LogP contribution in [0.2, 0.25) is 10.0 Å². The van der Waals surface area contributed by atoms with Crippen LogP contribution in [0.5, 0.6) is 17.2 Å². The Balaban J connectivity index is 2.70. The largest absolute Gasteiger partial charge is 0.497 e. The Morgan fingerprint density at radius 3 is 2.19 bits per heavy atom. The first-order chi connectivity index (χ1) is 12.8. The van der Waals surface area contributed by atoms with E-state index in [0.717, 1.165) is 4.31 Å². The molecule has 0 saturated heterocycles.